The molecule has 2 heteroatoms. The zero-order valence-corrected chi connectivity index (χ0v) is 15.0. The Morgan fingerprint density at radius 1 is 0.833 bits per heavy atom. The van der Waals surface area contributed by atoms with Crippen LogP contribution < -0.4 is 0 Å². The number of hydrogen-bond donors (Lipinski definition) is 2. The maximum absolute atomic E-state index is 8.53. The van der Waals surface area contributed by atoms with Crippen LogP contribution >= 0.6 is 0 Å². The van der Waals surface area contributed by atoms with Crippen molar-refractivity contribution in [3.63, 3.8) is 0 Å². The molecule has 0 atom stereocenters. The van der Waals surface area contributed by atoms with Gasteiger partial charge < -0.3 is 0 Å². The molecule has 0 spiro atoms. The lowest BCUT2D eigenvalue weighted by Crippen LogP contribution is -2.10. The second-order valence-electron chi connectivity index (χ2n) is 6.96. The van der Waals surface area contributed by atoms with E-state index < -0.39 is 0 Å². The Hall–Kier alpha value is -1.96. The van der Waals surface area contributed by atoms with Gasteiger partial charge in [0.1, 0.15) is 0 Å². The summed E-state index contributed by atoms with van der Waals surface area (Å²) in [5.74, 6) is 0. The van der Waals surface area contributed by atoms with Gasteiger partial charge in [-0.05, 0) is 42.2 Å². The number of rotatable bonds is 8. The van der Waals surface area contributed by atoms with Crippen molar-refractivity contribution in [2.24, 2.45) is 0 Å². The summed E-state index contributed by atoms with van der Waals surface area (Å²) >= 11 is 0. The standard InChI is InChI=1S/C22H28N2/c1-3-5-7-10-15-14-16-11-9-13-18-19(16)20(22(24)21(18)23)17(15)12-8-6-4-2/h9,11,13-14,23-24H,3-8,10,12H2,1-2H3. The first-order valence-corrected chi connectivity index (χ1v) is 9.44. The van der Waals surface area contributed by atoms with E-state index in [9.17, 15) is 0 Å². The first-order valence-electron chi connectivity index (χ1n) is 9.44. The van der Waals surface area contributed by atoms with E-state index in [2.05, 4.69) is 26.0 Å². The van der Waals surface area contributed by atoms with E-state index in [0.29, 0.717) is 11.4 Å². The van der Waals surface area contributed by atoms with Crippen LogP contribution in [0.1, 0.15) is 74.6 Å². The minimum absolute atomic E-state index is 0.401. The van der Waals surface area contributed by atoms with Crippen LogP contribution in [0.5, 0.6) is 0 Å². The fourth-order valence-corrected chi connectivity index (χ4v) is 3.93. The lowest BCUT2D eigenvalue weighted by molar-refractivity contribution is 0.694. The summed E-state index contributed by atoms with van der Waals surface area (Å²) in [5.41, 5.74) is 5.62. The third-order valence-electron chi connectivity index (χ3n) is 5.22. The number of unbranched alkanes of at least 4 members (excludes halogenated alkanes) is 4. The van der Waals surface area contributed by atoms with Crippen molar-refractivity contribution in [2.75, 3.05) is 0 Å². The minimum Gasteiger partial charge on any atom is -0.298 e. The Morgan fingerprint density at radius 2 is 1.54 bits per heavy atom. The van der Waals surface area contributed by atoms with E-state index in [1.807, 2.05) is 12.1 Å². The molecule has 0 heterocycles. The monoisotopic (exact) mass is 320 g/mol. The highest BCUT2D eigenvalue weighted by Crippen LogP contribution is 2.36. The number of aryl methyl sites for hydroxylation is 1. The molecular weight excluding hydrogens is 292 g/mol. The molecule has 2 aromatic carbocycles. The Balaban J connectivity index is 2.11. The maximum atomic E-state index is 8.53. The molecule has 126 valence electrons. The molecule has 0 saturated heterocycles. The first-order chi connectivity index (χ1) is 11.7. The molecule has 2 nitrogen and oxygen atoms in total. The molecule has 2 N–H and O–H groups in total. The Labute approximate surface area is 145 Å². The van der Waals surface area contributed by atoms with Gasteiger partial charge in [-0.1, -0.05) is 63.8 Å². The summed E-state index contributed by atoms with van der Waals surface area (Å²) in [7, 11) is 0. The second kappa shape index (κ2) is 7.29. The molecular formula is C22H28N2. The van der Waals surface area contributed by atoms with Crippen LogP contribution in [0.25, 0.3) is 10.8 Å². The Kier molecular flexibility index (Phi) is 5.13. The van der Waals surface area contributed by atoms with Gasteiger partial charge in [-0.3, -0.25) is 10.8 Å². The molecule has 0 amide bonds. The third-order valence-corrected chi connectivity index (χ3v) is 5.22. The van der Waals surface area contributed by atoms with E-state index >= 15 is 0 Å². The lowest BCUT2D eigenvalue weighted by atomic mass is 9.89. The number of benzene rings is 2. The minimum atomic E-state index is 0.401. The summed E-state index contributed by atoms with van der Waals surface area (Å²) in [6.45, 7) is 4.48. The first kappa shape index (κ1) is 16.9. The fourth-order valence-electron chi connectivity index (χ4n) is 3.93. The second-order valence-corrected chi connectivity index (χ2v) is 6.96. The van der Waals surface area contributed by atoms with Crippen LogP contribution in [0.15, 0.2) is 24.3 Å². The molecule has 0 aromatic heterocycles. The van der Waals surface area contributed by atoms with E-state index in [-0.39, 0.29) is 0 Å². The molecule has 0 bridgehead atoms. The van der Waals surface area contributed by atoms with Gasteiger partial charge in [0, 0.05) is 16.5 Å². The van der Waals surface area contributed by atoms with Crippen molar-refractivity contribution in [2.45, 2.75) is 65.2 Å². The average Bonchev–Trinajstić information content (AvgIpc) is 2.84. The normalized spacial score (nSPS) is 13.2. The average molecular weight is 320 g/mol. The topological polar surface area (TPSA) is 47.7 Å². The quantitative estimate of drug-likeness (QED) is 0.556. The van der Waals surface area contributed by atoms with Crippen LogP contribution in [0, 0.1) is 10.8 Å². The van der Waals surface area contributed by atoms with Gasteiger partial charge in [0.2, 0.25) is 0 Å². The van der Waals surface area contributed by atoms with Crippen molar-refractivity contribution >= 4 is 22.2 Å². The SMILES string of the molecule is CCCCCc1cc2cccc3c2c(c1CCCCC)C(=N)C3=N. The van der Waals surface area contributed by atoms with Gasteiger partial charge in [0.25, 0.3) is 0 Å². The molecule has 0 radical (unpaired) electrons. The summed E-state index contributed by atoms with van der Waals surface area (Å²) in [5, 5.41) is 19.2. The predicted octanol–water partition coefficient (Wildman–Crippen LogP) is 6.05. The third kappa shape index (κ3) is 2.90. The van der Waals surface area contributed by atoms with Gasteiger partial charge in [-0.25, -0.2) is 0 Å². The van der Waals surface area contributed by atoms with Gasteiger partial charge in [0.15, 0.2) is 0 Å². The molecule has 24 heavy (non-hydrogen) atoms. The van der Waals surface area contributed by atoms with E-state index in [1.165, 1.54) is 55.0 Å². The smallest absolute Gasteiger partial charge is 0.0877 e. The van der Waals surface area contributed by atoms with Gasteiger partial charge >= 0.3 is 0 Å². The molecule has 0 unspecified atom stereocenters. The molecule has 0 fully saturated rings. The summed E-state index contributed by atoms with van der Waals surface area (Å²) in [4.78, 5) is 0. The highest BCUT2D eigenvalue weighted by atomic mass is 14.6. The van der Waals surface area contributed by atoms with Crippen LogP contribution in [0.4, 0.5) is 0 Å². The summed E-state index contributed by atoms with van der Waals surface area (Å²) in [6.07, 6.45) is 9.48. The Bertz CT molecular complexity index is 786. The summed E-state index contributed by atoms with van der Waals surface area (Å²) < 4.78 is 0. The molecule has 1 aliphatic rings. The maximum Gasteiger partial charge on any atom is 0.0877 e. The summed E-state index contributed by atoms with van der Waals surface area (Å²) in [6, 6.07) is 8.52. The van der Waals surface area contributed by atoms with Crippen molar-refractivity contribution in [3.05, 3.63) is 46.5 Å². The van der Waals surface area contributed by atoms with E-state index in [0.717, 1.165) is 29.4 Å². The van der Waals surface area contributed by atoms with Crippen molar-refractivity contribution in [1.82, 2.24) is 0 Å². The fraction of sp³-hybridized carbons (Fsp3) is 0.455. The van der Waals surface area contributed by atoms with E-state index in [4.69, 9.17) is 10.8 Å². The van der Waals surface area contributed by atoms with E-state index in [1.54, 1.807) is 0 Å². The van der Waals surface area contributed by atoms with Crippen molar-refractivity contribution < 1.29 is 0 Å². The zero-order valence-electron chi connectivity index (χ0n) is 15.0. The molecule has 0 aliphatic heterocycles. The van der Waals surface area contributed by atoms with Crippen LogP contribution in [0.2, 0.25) is 0 Å². The van der Waals surface area contributed by atoms with Crippen LogP contribution in [-0.2, 0) is 12.8 Å². The molecule has 3 rings (SSSR count). The molecule has 2 aromatic rings. The number of nitrogens with one attached hydrogen (secondary N) is 2. The van der Waals surface area contributed by atoms with Gasteiger partial charge in [0.05, 0.1) is 11.4 Å². The highest BCUT2D eigenvalue weighted by molar-refractivity contribution is 6.59. The molecule has 1 aliphatic carbocycles. The Morgan fingerprint density at radius 3 is 2.25 bits per heavy atom. The van der Waals surface area contributed by atoms with Crippen molar-refractivity contribution in [3.8, 4) is 0 Å². The van der Waals surface area contributed by atoms with Crippen molar-refractivity contribution in [1.29, 1.82) is 10.8 Å². The van der Waals surface area contributed by atoms with Gasteiger partial charge in [-0.2, -0.15) is 0 Å². The predicted molar refractivity (Wildman–Crippen MR) is 104 cm³/mol. The van der Waals surface area contributed by atoms with Crippen LogP contribution in [0.3, 0.4) is 0 Å². The van der Waals surface area contributed by atoms with Crippen LogP contribution in [-0.4, -0.2) is 11.4 Å². The lowest BCUT2D eigenvalue weighted by Gasteiger charge is -2.15. The largest absolute Gasteiger partial charge is 0.298 e. The number of hydrogen-bond acceptors (Lipinski definition) is 2. The highest BCUT2D eigenvalue weighted by Gasteiger charge is 2.28. The zero-order chi connectivity index (χ0) is 17.1. The molecule has 0 saturated carbocycles. The van der Waals surface area contributed by atoms with Gasteiger partial charge in [-0.15, -0.1) is 0 Å².